The molecule has 0 radical (unpaired) electrons. The first-order chi connectivity index (χ1) is 7.65. The molecule has 0 amide bonds. The first-order valence-corrected chi connectivity index (χ1v) is 5.92. The average Bonchev–Trinajstić information content (AvgIpc) is 2.28. The summed E-state index contributed by atoms with van der Waals surface area (Å²) in [5.41, 5.74) is 2.60. The molecule has 0 heterocycles. The van der Waals surface area contributed by atoms with Crippen LogP contribution in [-0.2, 0) is 4.74 Å². The van der Waals surface area contributed by atoms with E-state index < -0.39 is 0 Å². The number of rotatable bonds is 7. The first kappa shape index (κ1) is 15.2. The molecule has 0 rings (SSSR count). The van der Waals surface area contributed by atoms with Crippen molar-refractivity contribution in [2.75, 3.05) is 20.3 Å². The van der Waals surface area contributed by atoms with Crippen molar-refractivity contribution in [3.05, 3.63) is 0 Å². The molecule has 4 N–H and O–H groups in total. The lowest BCUT2D eigenvalue weighted by Crippen LogP contribution is -2.48. The fraction of sp³-hybridized carbons (Fsp3) is 0.909. The molecule has 0 aromatic carbocycles. The van der Waals surface area contributed by atoms with Gasteiger partial charge in [0.1, 0.15) is 0 Å². The van der Waals surface area contributed by atoms with Crippen LogP contribution in [0, 0.1) is 5.92 Å². The Hall–Kier alpha value is -0.810. The van der Waals surface area contributed by atoms with Crippen LogP contribution in [0.1, 0.15) is 33.6 Å². The number of nitrogens with one attached hydrogen (secondary N) is 2. The molecule has 0 aromatic heterocycles. The second-order valence-electron chi connectivity index (χ2n) is 4.12. The largest absolute Gasteiger partial charge is 0.385 e. The molecule has 0 saturated carbocycles. The smallest absolute Gasteiger partial charge is 0.205 e. The highest BCUT2D eigenvalue weighted by Gasteiger charge is 2.11. The van der Waals surface area contributed by atoms with E-state index in [9.17, 15) is 0 Å². The van der Waals surface area contributed by atoms with E-state index in [2.05, 4.69) is 36.5 Å². The van der Waals surface area contributed by atoms with Gasteiger partial charge in [0.05, 0.1) is 0 Å². The van der Waals surface area contributed by atoms with E-state index in [-0.39, 0.29) is 0 Å². The molecular formula is C11H26N4O. The second-order valence-corrected chi connectivity index (χ2v) is 4.12. The van der Waals surface area contributed by atoms with E-state index in [0.717, 1.165) is 26.0 Å². The van der Waals surface area contributed by atoms with Crippen LogP contribution in [0.2, 0.25) is 0 Å². The summed E-state index contributed by atoms with van der Waals surface area (Å²) in [4.78, 5) is 4.34. The minimum absolute atomic E-state index is 0.400. The van der Waals surface area contributed by atoms with Crippen LogP contribution in [-0.4, -0.2) is 32.3 Å². The van der Waals surface area contributed by atoms with Gasteiger partial charge in [0.25, 0.3) is 0 Å². The van der Waals surface area contributed by atoms with Crippen LogP contribution in [0.5, 0.6) is 0 Å². The normalized spacial score (nSPS) is 14.0. The molecule has 0 bridgehead atoms. The Bertz CT molecular complexity index is 194. The van der Waals surface area contributed by atoms with Crippen LogP contribution in [0.3, 0.4) is 0 Å². The fourth-order valence-electron chi connectivity index (χ4n) is 1.45. The number of ether oxygens (including phenoxy) is 1. The number of nitrogens with two attached hydrogens (primary N) is 1. The van der Waals surface area contributed by atoms with Crippen molar-refractivity contribution in [2.24, 2.45) is 16.8 Å². The zero-order valence-electron chi connectivity index (χ0n) is 10.9. The van der Waals surface area contributed by atoms with Crippen LogP contribution < -0.4 is 16.6 Å². The lowest BCUT2D eigenvalue weighted by Gasteiger charge is -2.22. The summed E-state index contributed by atoms with van der Waals surface area (Å²) in [6.45, 7) is 7.95. The molecule has 1 atom stereocenters. The third-order valence-corrected chi connectivity index (χ3v) is 2.48. The highest BCUT2D eigenvalue weighted by molar-refractivity contribution is 5.79. The van der Waals surface area contributed by atoms with Gasteiger partial charge in [0.15, 0.2) is 0 Å². The molecule has 96 valence electrons. The van der Waals surface area contributed by atoms with E-state index in [0.29, 0.717) is 17.9 Å². The van der Waals surface area contributed by atoms with Gasteiger partial charge in [-0.25, -0.2) is 5.84 Å². The lowest BCUT2D eigenvalue weighted by molar-refractivity contribution is 0.197. The van der Waals surface area contributed by atoms with Gasteiger partial charge in [-0.1, -0.05) is 20.8 Å². The SMILES string of the molecule is CCC(NC(=NCCCOC)NN)C(C)C. The van der Waals surface area contributed by atoms with Crippen molar-refractivity contribution in [3.63, 3.8) is 0 Å². The van der Waals surface area contributed by atoms with Crippen LogP contribution in [0.15, 0.2) is 4.99 Å². The third-order valence-electron chi connectivity index (χ3n) is 2.48. The number of hydrogen-bond acceptors (Lipinski definition) is 3. The summed E-state index contributed by atoms with van der Waals surface area (Å²) in [7, 11) is 1.69. The number of nitrogens with zero attached hydrogens (tertiary/aromatic N) is 1. The van der Waals surface area contributed by atoms with Gasteiger partial charge in [-0.2, -0.15) is 0 Å². The highest BCUT2D eigenvalue weighted by atomic mass is 16.5. The Labute approximate surface area is 98.8 Å². The van der Waals surface area contributed by atoms with E-state index >= 15 is 0 Å². The fourth-order valence-corrected chi connectivity index (χ4v) is 1.45. The van der Waals surface area contributed by atoms with Gasteiger partial charge in [0, 0.05) is 26.3 Å². The quantitative estimate of drug-likeness (QED) is 0.199. The maximum atomic E-state index is 5.42. The van der Waals surface area contributed by atoms with Gasteiger partial charge in [-0.3, -0.25) is 10.4 Å². The van der Waals surface area contributed by atoms with E-state index in [1.165, 1.54) is 0 Å². The number of guanidine groups is 1. The number of aliphatic imine (C=N–C) groups is 1. The second kappa shape index (κ2) is 9.42. The lowest BCUT2D eigenvalue weighted by atomic mass is 10.0. The number of hydrogen-bond donors (Lipinski definition) is 3. The summed E-state index contributed by atoms with van der Waals surface area (Å²) in [6.07, 6.45) is 1.96. The van der Waals surface area contributed by atoms with E-state index in [4.69, 9.17) is 10.6 Å². The Kier molecular flexibility index (Phi) is 8.94. The molecule has 16 heavy (non-hydrogen) atoms. The molecule has 0 aliphatic carbocycles. The van der Waals surface area contributed by atoms with E-state index in [1.54, 1.807) is 7.11 Å². The summed E-state index contributed by atoms with van der Waals surface area (Å²) < 4.78 is 4.96. The Morgan fingerprint density at radius 3 is 2.56 bits per heavy atom. The molecule has 0 saturated heterocycles. The molecule has 0 aromatic rings. The average molecular weight is 230 g/mol. The molecule has 1 unspecified atom stereocenters. The molecular weight excluding hydrogens is 204 g/mol. The van der Waals surface area contributed by atoms with Gasteiger partial charge >= 0.3 is 0 Å². The molecule has 5 heteroatoms. The van der Waals surface area contributed by atoms with Crippen molar-refractivity contribution < 1.29 is 4.74 Å². The zero-order valence-corrected chi connectivity index (χ0v) is 10.9. The van der Waals surface area contributed by atoms with Crippen molar-refractivity contribution >= 4 is 5.96 Å². The van der Waals surface area contributed by atoms with Gasteiger partial charge in [-0.15, -0.1) is 0 Å². The van der Waals surface area contributed by atoms with Gasteiger partial charge < -0.3 is 10.1 Å². The zero-order chi connectivity index (χ0) is 12.4. The number of methoxy groups -OCH3 is 1. The Balaban J connectivity index is 4.05. The van der Waals surface area contributed by atoms with Crippen molar-refractivity contribution in [2.45, 2.75) is 39.7 Å². The Morgan fingerprint density at radius 2 is 2.12 bits per heavy atom. The van der Waals surface area contributed by atoms with Crippen LogP contribution in [0.4, 0.5) is 0 Å². The minimum atomic E-state index is 0.400. The van der Waals surface area contributed by atoms with Crippen LogP contribution in [0.25, 0.3) is 0 Å². The standard InChI is InChI=1S/C11H26N4O/c1-5-10(9(2)3)14-11(15-12)13-7-6-8-16-4/h9-10H,5-8,12H2,1-4H3,(H2,13,14,15). The summed E-state index contributed by atoms with van der Waals surface area (Å²) in [6, 6.07) is 0.400. The highest BCUT2D eigenvalue weighted by Crippen LogP contribution is 2.04. The topological polar surface area (TPSA) is 71.7 Å². The monoisotopic (exact) mass is 230 g/mol. The summed E-state index contributed by atoms with van der Waals surface area (Å²) in [5, 5.41) is 3.30. The summed E-state index contributed by atoms with van der Waals surface area (Å²) >= 11 is 0. The van der Waals surface area contributed by atoms with Crippen LogP contribution >= 0.6 is 0 Å². The molecule has 5 nitrogen and oxygen atoms in total. The molecule has 0 aliphatic rings. The number of hydrazine groups is 1. The van der Waals surface area contributed by atoms with E-state index in [1.807, 2.05) is 0 Å². The van der Waals surface area contributed by atoms with Gasteiger partial charge in [0.2, 0.25) is 5.96 Å². The molecule has 0 fully saturated rings. The van der Waals surface area contributed by atoms with Gasteiger partial charge in [-0.05, 0) is 18.8 Å². The molecule has 0 aliphatic heterocycles. The maximum Gasteiger partial charge on any atom is 0.205 e. The third kappa shape index (κ3) is 6.63. The first-order valence-electron chi connectivity index (χ1n) is 5.92. The van der Waals surface area contributed by atoms with Crippen molar-refractivity contribution in [3.8, 4) is 0 Å². The Morgan fingerprint density at radius 1 is 1.44 bits per heavy atom. The predicted octanol–water partition coefficient (Wildman–Crippen LogP) is 0.866. The minimum Gasteiger partial charge on any atom is -0.385 e. The maximum absolute atomic E-state index is 5.42. The molecule has 0 spiro atoms. The summed E-state index contributed by atoms with van der Waals surface area (Å²) in [5.74, 6) is 6.64. The van der Waals surface area contributed by atoms with Crippen molar-refractivity contribution in [1.82, 2.24) is 10.7 Å². The predicted molar refractivity (Wildman–Crippen MR) is 68.2 cm³/mol. The van der Waals surface area contributed by atoms with Crippen molar-refractivity contribution in [1.29, 1.82) is 0 Å².